The van der Waals surface area contributed by atoms with Gasteiger partial charge in [0.1, 0.15) is 0 Å². The number of aromatic nitrogens is 2. The van der Waals surface area contributed by atoms with Gasteiger partial charge >= 0.3 is 5.51 Å². The van der Waals surface area contributed by atoms with Crippen LogP contribution >= 0.6 is 11.8 Å². The van der Waals surface area contributed by atoms with Crippen molar-refractivity contribution >= 4 is 22.7 Å². The van der Waals surface area contributed by atoms with Crippen molar-refractivity contribution < 1.29 is 13.2 Å². The number of benzene rings is 1. The highest BCUT2D eigenvalue weighted by Crippen LogP contribution is 2.40. The van der Waals surface area contributed by atoms with Gasteiger partial charge in [0.15, 0.2) is 0 Å². The number of fused-ring (bicyclic) bond motifs is 1. The van der Waals surface area contributed by atoms with E-state index in [0.29, 0.717) is 6.04 Å². The van der Waals surface area contributed by atoms with Crippen molar-refractivity contribution in [2.45, 2.75) is 35.7 Å². The van der Waals surface area contributed by atoms with Crippen LogP contribution in [0.15, 0.2) is 47.5 Å². The summed E-state index contributed by atoms with van der Waals surface area (Å²) in [4.78, 5) is 10.4. The molecular formula is C20H20F3N3S. The van der Waals surface area contributed by atoms with Crippen LogP contribution < -0.4 is 0 Å². The fourth-order valence-corrected chi connectivity index (χ4v) is 4.42. The number of aromatic amines is 1. The second-order valence-electron chi connectivity index (χ2n) is 6.93. The molecule has 1 aromatic carbocycles. The second-order valence-corrected chi connectivity index (χ2v) is 8.07. The smallest absolute Gasteiger partial charge is 0.353 e. The summed E-state index contributed by atoms with van der Waals surface area (Å²) in [5.41, 5.74) is -0.682. The zero-order chi connectivity index (χ0) is 19.0. The number of H-pyrrole nitrogens is 1. The van der Waals surface area contributed by atoms with Crippen LogP contribution in [-0.4, -0.2) is 40.0 Å². The number of halogens is 3. The van der Waals surface area contributed by atoms with Gasteiger partial charge in [0.25, 0.3) is 0 Å². The van der Waals surface area contributed by atoms with Crippen molar-refractivity contribution in [3.8, 4) is 11.4 Å². The van der Waals surface area contributed by atoms with Gasteiger partial charge in [-0.25, -0.2) is 0 Å². The number of thioether (sulfide) groups is 1. The molecule has 0 saturated carbocycles. The first-order valence-corrected chi connectivity index (χ1v) is 9.74. The third-order valence-electron chi connectivity index (χ3n) is 5.14. The molecule has 0 radical (unpaired) electrons. The van der Waals surface area contributed by atoms with Gasteiger partial charge in [-0.05, 0) is 80.5 Å². The topological polar surface area (TPSA) is 31.9 Å². The Hall–Kier alpha value is -1.99. The largest absolute Gasteiger partial charge is 0.446 e. The lowest BCUT2D eigenvalue weighted by Crippen LogP contribution is -2.26. The van der Waals surface area contributed by atoms with Crippen molar-refractivity contribution in [1.29, 1.82) is 0 Å². The van der Waals surface area contributed by atoms with Crippen molar-refractivity contribution in [1.82, 2.24) is 14.9 Å². The molecule has 3 nitrogen and oxygen atoms in total. The zero-order valence-corrected chi connectivity index (χ0v) is 15.7. The summed E-state index contributed by atoms with van der Waals surface area (Å²) in [6, 6.07) is 11.0. The van der Waals surface area contributed by atoms with Gasteiger partial charge in [-0.2, -0.15) is 13.2 Å². The van der Waals surface area contributed by atoms with Crippen LogP contribution in [0.5, 0.6) is 0 Å². The maximum Gasteiger partial charge on any atom is 0.446 e. The van der Waals surface area contributed by atoms with Gasteiger partial charge in [0.05, 0.1) is 11.4 Å². The summed E-state index contributed by atoms with van der Waals surface area (Å²) >= 11 is -0.0673. The van der Waals surface area contributed by atoms with E-state index in [2.05, 4.69) is 21.9 Å². The molecule has 3 aromatic rings. The number of likely N-dealkylation sites (N-methyl/N-ethyl adjacent to an activating group) is 1. The Morgan fingerprint density at radius 3 is 2.78 bits per heavy atom. The molecule has 4 rings (SSSR count). The van der Waals surface area contributed by atoms with Gasteiger partial charge in [0, 0.05) is 28.0 Å². The van der Waals surface area contributed by atoms with Crippen LogP contribution in [0.25, 0.3) is 22.3 Å². The quantitative estimate of drug-likeness (QED) is 0.598. The number of hydrogen-bond donors (Lipinski definition) is 1. The number of pyridine rings is 1. The minimum absolute atomic E-state index is 0.0673. The Kier molecular flexibility index (Phi) is 4.90. The molecular weight excluding hydrogens is 371 g/mol. The highest BCUT2D eigenvalue weighted by Gasteiger charge is 2.30. The zero-order valence-electron chi connectivity index (χ0n) is 14.9. The van der Waals surface area contributed by atoms with Crippen LogP contribution in [0.3, 0.4) is 0 Å². The van der Waals surface area contributed by atoms with E-state index in [1.165, 1.54) is 6.07 Å². The monoisotopic (exact) mass is 391 g/mol. The molecule has 0 spiro atoms. The van der Waals surface area contributed by atoms with E-state index in [9.17, 15) is 13.2 Å². The fraction of sp³-hybridized carbons (Fsp3) is 0.350. The molecule has 2 aromatic heterocycles. The molecule has 1 fully saturated rings. The lowest BCUT2D eigenvalue weighted by atomic mass is 9.99. The predicted molar refractivity (Wildman–Crippen MR) is 103 cm³/mol. The van der Waals surface area contributed by atoms with Gasteiger partial charge in [-0.1, -0.05) is 6.07 Å². The van der Waals surface area contributed by atoms with Crippen molar-refractivity contribution in [3.05, 3.63) is 48.2 Å². The number of alkyl halides is 3. The van der Waals surface area contributed by atoms with Gasteiger partial charge in [0.2, 0.25) is 0 Å². The van der Waals surface area contributed by atoms with Gasteiger partial charge in [-0.15, -0.1) is 0 Å². The molecule has 1 saturated heterocycles. The number of nitrogens with one attached hydrogen (secondary N) is 1. The van der Waals surface area contributed by atoms with Crippen molar-refractivity contribution in [2.75, 3.05) is 13.6 Å². The van der Waals surface area contributed by atoms with E-state index >= 15 is 0 Å². The van der Waals surface area contributed by atoms with E-state index in [-0.39, 0.29) is 16.7 Å². The molecule has 7 heteroatoms. The summed E-state index contributed by atoms with van der Waals surface area (Å²) in [6.45, 7) is 1.06. The number of hydrogen-bond acceptors (Lipinski definition) is 3. The van der Waals surface area contributed by atoms with Crippen molar-refractivity contribution in [3.63, 3.8) is 0 Å². The number of rotatable bonds is 4. The highest BCUT2D eigenvalue weighted by molar-refractivity contribution is 8.00. The Balaban J connectivity index is 1.82. The number of nitrogens with zero attached hydrogens (tertiary/aromatic N) is 2. The standard InChI is InChI=1S/C20H20F3N3S/c1-26-10-4-5-13(26)11-16-15-12-14(27-20(21,22)23)7-8-17(15)25-19(16)18-6-2-3-9-24-18/h2-3,6-9,12-13,25H,4-5,10-11H2,1H3/t13-/m1/s1. The van der Waals surface area contributed by atoms with Crippen LogP contribution in [0, 0.1) is 0 Å². The first-order chi connectivity index (χ1) is 12.9. The predicted octanol–water partition coefficient (Wildman–Crippen LogP) is 5.48. The molecule has 1 N–H and O–H groups in total. The summed E-state index contributed by atoms with van der Waals surface area (Å²) in [5.74, 6) is 0. The van der Waals surface area contributed by atoms with Gasteiger partial charge in [-0.3, -0.25) is 4.98 Å². The Bertz CT molecular complexity index is 937. The first kappa shape index (κ1) is 18.4. The van der Waals surface area contributed by atoms with Crippen LogP contribution in [0.2, 0.25) is 0 Å². The summed E-state index contributed by atoms with van der Waals surface area (Å²) < 4.78 is 38.5. The third kappa shape index (κ3) is 3.99. The van der Waals surface area contributed by atoms with E-state index < -0.39 is 5.51 Å². The maximum absolute atomic E-state index is 12.8. The number of likely N-dealkylation sites (tertiary alicyclic amines) is 1. The third-order valence-corrected chi connectivity index (χ3v) is 5.86. The fourth-order valence-electron chi connectivity index (χ4n) is 3.84. The van der Waals surface area contributed by atoms with E-state index in [1.54, 1.807) is 18.3 Å². The highest BCUT2D eigenvalue weighted by atomic mass is 32.2. The summed E-state index contributed by atoms with van der Waals surface area (Å²) in [6.07, 6.45) is 4.78. The maximum atomic E-state index is 12.8. The van der Waals surface area contributed by atoms with Crippen molar-refractivity contribution in [2.24, 2.45) is 0 Å². The van der Waals surface area contributed by atoms with E-state index in [1.807, 2.05) is 18.2 Å². The molecule has 0 bridgehead atoms. The van der Waals surface area contributed by atoms with E-state index in [0.717, 1.165) is 53.7 Å². The molecule has 1 aliphatic heterocycles. The average Bonchev–Trinajstić information content (AvgIpc) is 3.19. The normalized spacial score (nSPS) is 18.4. The molecule has 1 aliphatic rings. The Morgan fingerprint density at radius 2 is 2.11 bits per heavy atom. The molecule has 3 heterocycles. The summed E-state index contributed by atoms with van der Waals surface area (Å²) in [7, 11) is 2.11. The molecule has 1 atom stereocenters. The molecule has 0 unspecified atom stereocenters. The molecule has 27 heavy (non-hydrogen) atoms. The Labute approximate surface area is 160 Å². The minimum Gasteiger partial charge on any atom is -0.353 e. The minimum atomic E-state index is -4.29. The molecule has 0 aliphatic carbocycles. The lowest BCUT2D eigenvalue weighted by Gasteiger charge is -2.20. The SMILES string of the molecule is CN1CCC[C@@H]1Cc1c(-c2ccccn2)[nH]c2ccc(SC(F)(F)F)cc12. The summed E-state index contributed by atoms with van der Waals surface area (Å²) in [5, 5.41) is 0.852. The van der Waals surface area contributed by atoms with Crippen LogP contribution in [-0.2, 0) is 6.42 Å². The van der Waals surface area contributed by atoms with Crippen LogP contribution in [0.4, 0.5) is 13.2 Å². The van der Waals surface area contributed by atoms with Gasteiger partial charge < -0.3 is 9.88 Å². The van der Waals surface area contributed by atoms with E-state index in [4.69, 9.17) is 0 Å². The lowest BCUT2D eigenvalue weighted by molar-refractivity contribution is -0.0328. The first-order valence-electron chi connectivity index (χ1n) is 8.93. The second kappa shape index (κ2) is 7.20. The molecule has 142 valence electrons. The molecule has 0 amide bonds. The average molecular weight is 391 g/mol. The Morgan fingerprint density at radius 1 is 1.26 bits per heavy atom. The van der Waals surface area contributed by atoms with Crippen LogP contribution in [0.1, 0.15) is 18.4 Å².